The maximum atomic E-state index is 8.86. The Morgan fingerprint density at radius 2 is 2.12 bits per heavy atom. The SMILES string of the molecule is C[C@H](COCc1ccccc1)[C@@H]1O[C@@H]1CO. The summed E-state index contributed by atoms with van der Waals surface area (Å²) in [5.41, 5.74) is 1.19. The predicted octanol–water partition coefficient (Wildman–Crippen LogP) is 1.60. The molecule has 0 aromatic heterocycles. The van der Waals surface area contributed by atoms with Crippen LogP contribution in [0, 0.1) is 5.92 Å². The van der Waals surface area contributed by atoms with Crippen molar-refractivity contribution in [1.29, 1.82) is 0 Å². The summed E-state index contributed by atoms with van der Waals surface area (Å²) in [4.78, 5) is 0. The highest BCUT2D eigenvalue weighted by Crippen LogP contribution is 2.29. The van der Waals surface area contributed by atoms with Crippen molar-refractivity contribution in [3.05, 3.63) is 35.9 Å². The average molecular weight is 222 g/mol. The van der Waals surface area contributed by atoms with E-state index >= 15 is 0 Å². The Morgan fingerprint density at radius 3 is 2.75 bits per heavy atom. The molecule has 1 heterocycles. The highest BCUT2D eigenvalue weighted by Gasteiger charge is 2.42. The van der Waals surface area contributed by atoms with Gasteiger partial charge in [0, 0.05) is 5.92 Å². The van der Waals surface area contributed by atoms with E-state index in [2.05, 4.69) is 19.1 Å². The van der Waals surface area contributed by atoms with Crippen LogP contribution in [0.2, 0.25) is 0 Å². The van der Waals surface area contributed by atoms with Crippen molar-refractivity contribution in [3.8, 4) is 0 Å². The summed E-state index contributed by atoms with van der Waals surface area (Å²) >= 11 is 0. The monoisotopic (exact) mass is 222 g/mol. The van der Waals surface area contributed by atoms with Crippen LogP contribution in [0.5, 0.6) is 0 Å². The van der Waals surface area contributed by atoms with E-state index in [0.29, 0.717) is 19.1 Å². The van der Waals surface area contributed by atoms with Gasteiger partial charge in [0.05, 0.1) is 25.9 Å². The second-order valence-corrected chi connectivity index (χ2v) is 4.30. The smallest absolute Gasteiger partial charge is 0.108 e. The van der Waals surface area contributed by atoms with E-state index in [0.717, 1.165) is 0 Å². The molecule has 1 aromatic rings. The Hall–Kier alpha value is -0.900. The third-order valence-corrected chi connectivity index (χ3v) is 2.85. The maximum absolute atomic E-state index is 8.86. The van der Waals surface area contributed by atoms with Gasteiger partial charge in [-0.1, -0.05) is 37.3 Å². The summed E-state index contributed by atoms with van der Waals surface area (Å²) < 4.78 is 10.9. The van der Waals surface area contributed by atoms with E-state index in [9.17, 15) is 0 Å². The van der Waals surface area contributed by atoms with Gasteiger partial charge < -0.3 is 14.6 Å². The first kappa shape index (κ1) is 11.6. The molecular weight excluding hydrogens is 204 g/mol. The van der Waals surface area contributed by atoms with Crippen LogP contribution in [0.1, 0.15) is 12.5 Å². The fourth-order valence-corrected chi connectivity index (χ4v) is 1.84. The van der Waals surface area contributed by atoms with Crippen molar-refractivity contribution < 1.29 is 14.6 Å². The molecule has 1 N–H and O–H groups in total. The van der Waals surface area contributed by atoms with Crippen molar-refractivity contribution in [1.82, 2.24) is 0 Å². The topological polar surface area (TPSA) is 42.0 Å². The molecule has 0 spiro atoms. The zero-order chi connectivity index (χ0) is 11.4. The number of ether oxygens (including phenoxy) is 2. The molecule has 1 aliphatic rings. The van der Waals surface area contributed by atoms with Gasteiger partial charge in [-0.15, -0.1) is 0 Å². The van der Waals surface area contributed by atoms with Crippen LogP contribution in [0.15, 0.2) is 30.3 Å². The highest BCUT2D eigenvalue weighted by atomic mass is 16.6. The largest absolute Gasteiger partial charge is 0.394 e. The van der Waals surface area contributed by atoms with Crippen LogP contribution in [-0.4, -0.2) is 30.5 Å². The van der Waals surface area contributed by atoms with Crippen LogP contribution in [-0.2, 0) is 16.1 Å². The third kappa shape index (κ3) is 3.04. The summed E-state index contributed by atoms with van der Waals surface area (Å²) in [6, 6.07) is 10.1. The van der Waals surface area contributed by atoms with Gasteiger partial charge in [-0.3, -0.25) is 0 Å². The molecule has 88 valence electrons. The summed E-state index contributed by atoms with van der Waals surface area (Å²) in [7, 11) is 0. The summed E-state index contributed by atoms with van der Waals surface area (Å²) in [6.45, 7) is 3.52. The molecule has 16 heavy (non-hydrogen) atoms. The van der Waals surface area contributed by atoms with Crippen molar-refractivity contribution in [2.45, 2.75) is 25.7 Å². The first-order chi connectivity index (χ1) is 7.81. The normalized spacial score (nSPS) is 25.4. The number of rotatable bonds is 6. The molecule has 0 unspecified atom stereocenters. The van der Waals surface area contributed by atoms with Gasteiger partial charge >= 0.3 is 0 Å². The Morgan fingerprint density at radius 1 is 1.38 bits per heavy atom. The van der Waals surface area contributed by atoms with Crippen LogP contribution in [0.3, 0.4) is 0 Å². The second-order valence-electron chi connectivity index (χ2n) is 4.30. The Kier molecular flexibility index (Phi) is 3.93. The van der Waals surface area contributed by atoms with Crippen LogP contribution in [0.25, 0.3) is 0 Å². The summed E-state index contributed by atoms with van der Waals surface area (Å²) in [6.07, 6.45) is 0.219. The molecule has 0 amide bonds. The van der Waals surface area contributed by atoms with E-state index in [1.165, 1.54) is 5.56 Å². The predicted molar refractivity (Wildman–Crippen MR) is 61.0 cm³/mol. The lowest BCUT2D eigenvalue weighted by atomic mass is 10.1. The number of aliphatic hydroxyl groups excluding tert-OH is 1. The van der Waals surface area contributed by atoms with Gasteiger partial charge in [0.1, 0.15) is 6.10 Å². The van der Waals surface area contributed by atoms with E-state index in [1.807, 2.05) is 18.2 Å². The quantitative estimate of drug-likeness (QED) is 0.743. The van der Waals surface area contributed by atoms with E-state index < -0.39 is 0 Å². The zero-order valence-electron chi connectivity index (χ0n) is 9.50. The standard InChI is InChI=1S/C13H18O3/c1-10(13-12(7-14)16-13)8-15-9-11-5-3-2-4-6-11/h2-6,10,12-14H,7-9H2,1H3/t10-,12-,13+/m1/s1. The molecule has 1 aliphatic heterocycles. The lowest BCUT2D eigenvalue weighted by Gasteiger charge is -2.09. The van der Waals surface area contributed by atoms with Gasteiger partial charge in [-0.25, -0.2) is 0 Å². The first-order valence-electron chi connectivity index (χ1n) is 5.69. The molecule has 2 rings (SSSR count). The fraction of sp³-hybridized carbons (Fsp3) is 0.538. The van der Waals surface area contributed by atoms with Gasteiger partial charge in [-0.05, 0) is 5.56 Å². The molecule has 0 radical (unpaired) electrons. The van der Waals surface area contributed by atoms with Gasteiger partial charge in [0.15, 0.2) is 0 Å². The van der Waals surface area contributed by atoms with Crippen molar-refractivity contribution >= 4 is 0 Å². The number of benzene rings is 1. The lowest BCUT2D eigenvalue weighted by Crippen LogP contribution is -2.15. The molecule has 3 heteroatoms. The molecule has 3 atom stereocenters. The fourth-order valence-electron chi connectivity index (χ4n) is 1.84. The molecule has 1 fully saturated rings. The van der Waals surface area contributed by atoms with E-state index in [4.69, 9.17) is 14.6 Å². The molecule has 0 bridgehead atoms. The Bertz CT molecular complexity index is 312. The molecule has 1 aromatic carbocycles. The van der Waals surface area contributed by atoms with E-state index in [1.54, 1.807) is 0 Å². The molecule has 0 aliphatic carbocycles. The Balaban J connectivity index is 1.65. The number of hydrogen-bond donors (Lipinski definition) is 1. The van der Waals surface area contributed by atoms with Gasteiger partial charge in [-0.2, -0.15) is 0 Å². The number of aliphatic hydroxyl groups is 1. The minimum atomic E-state index is 0.0373. The summed E-state index contributed by atoms with van der Waals surface area (Å²) in [5, 5.41) is 8.86. The summed E-state index contributed by atoms with van der Waals surface area (Å²) in [5.74, 6) is 0.348. The second kappa shape index (κ2) is 5.43. The minimum absolute atomic E-state index is 0.0373. The third-order valence-electron chi connectivity index (χ3n) is 2.85. The highest BCUT2D eigenvalue weighted by molar-refractivity contribution is 5.13. The van der Waals surface area contributed by atoms with E-state index in [-0.39, 0.29) is 18.8 Å². The molecular formula is C13H18O3. The zero-order valence-corrected chi connectivity index (χ0v) is 9.50. The van der Waals surface area contributed by atoms with Crippen molar-refractivity contribution in [2.75, 3.05) is 13.2 Å². The Labute approximate surface area is 96.0 Å². The van der Waals surface area contributed by atoms with Crippen LogP contribution in [0.4, 0.5) is 0 Å². The van der Waals surface area contributed by atoms with Gasteiger partial charge in [0.2, 0.25) is 0 Å². The first-order valence-corrected chi connectivity index (χ1v) is 5.69. The van der Waals surface area contributed by atoms with Crippen molar-refractivity contribution in [3.63, 3.8) is 0 Å². The average Bonchev–Trinajstić information content (AvgIpc) is 3.09. The molecule has 0 saturated carbocycles. The number of epoxide rings is 1. The minimum Gasteiger partial charge on any atom is -0.394 e. The van der Waals surface area contributed by atoms with Crippen LogP contribution < -0.4 is 0 Å². The van der Waals surface area contributed by atoms with Crippen LogP contribution >= 0.6 is 0 Å². The van der Waals surface area contributed by atoms with Crippen molar-refractivity contribution in [2.24, 2.45) is 5.92 Å². The van der Waals surface area contributed by atoms with Gasteiger partial charge in [0.25, 0.3) is 0 Å². The molecule has 1 saturated heterocycles. The lowest BCUT2D eigenvalue weighted by molar-refractivity contribution is 0.0825. The molecule has 3 nitrogen and oxygen atoms in total. The number of hydrogen-bond acceptors (Lipinski definition) is 3. The maximum Gasteiger partial charge on any atom is 0.108 e.